The van der Waals surface area contributed by atoms with Crippen LogP contribution in [0.25, 0.3) is 5.69 Å². The van der Waals surface area contributed by atoms with Gasteiger partial charge in [-0.05, 0) is 80.3 Å². The Morgan fingerprint density at radius 2 is 1.70 bits per heavy atom. The minimum atomic E-state index is -0.298. The lowest BCUT2D eigenvalue weighted by Gasteiger charge is -2.39. The molecule has 3 aromatic carbocycles. The fourth-order valence-corrected chi connectivity index (χ4v) is 5.59. The molecular weight excluding hydrogens is 498 g/mol. The molecule has 0 N–H and O–H groups in total. The van der Waals surface area contributed by atoms with Gasteiger partial charge in [0.05, 0.1) is 23.7 Å². The number of rotatable bonds is 9. The van der Waals surface area contributed by atoms with E-state index in [4.69, 9.17) is 4.74 Å². The first-order valence-electron chi connectivity index (χ1n) is 14.2. The van der Waals surface area contributed by atoms with Crippen molar-refractivity contribution < 1.29 is 14.3 Å². The molecule has 6 nitrogen and oxygen atoms in total. The van der Waals surface area contributed by atoms with E-state index in [-0.39, 0.29) is 30.4 Å². The molecule has 1 fully saturated rings. The number of benzene rings is 3. The Kier molecular flexibility index (Phi) is 7.16. The quantitative estimate of drug-likeness (QED) is 0.225. The Hall–Kier alpha value is -4.32. The molecule has 0 saturated heterocycles. The minimum absolute atomic E-state index is 0.0234. The number of amides is 2. The summed E-state index contributed by atoms with van der Waals surface area (Å²) in [6.07, 6.45) is 5.94. The van der Waals surface area contributed by atoms with Crippen LogP contribution in [0, 0.1) is 6.92 Å². The van der Waals surface area contributed by atoms with Crippen LogP contribution in [0.1, 0.15) is 65.8 Å². The summed E-state index contributed by atoms with van der Waals surface area (Å²) >= 11 is 0. The largest absolute Gasteiger partial charge is 0.494 e. The predicted octanol–water partition coefficient (Wildman–Crippen LogP) is 6.71. The lowest BCUT2D eigenvalue weighted by atomic mass is 9.96. The molecule has 0 radical (unpaired) electrons. The first-order valence-corrected chi connectivity index (χ1v) is 14.2. The standard InChI is InChI=1S/C34H35N3O3/c1-3-4-21-40-28-18-14-25(15-19-28)34(39)36(27-16-17-27)23-32(38)37-30-12-6-5-11-29(30)35-20-8-13-31(35)33(37)26-10-7-9-24(2)22-26/h5-15,18-20,22,27,33H,3-4,16-17,21,23H2,1-2H3. The fourth-order valence-electron chi connectivity index (χ4n) is 5.59. The van der Waals surface area contributed by atoms with E-state index in [1.165, 1.54) is 0 Å². The molecule has 1 atom stereocenters. The van der Waals surface area contributed by atoms with E-state index in [1.54, 1.807) is 4.90 Å². The molecule has 6 rings (SSSR count). The van der Waals surface area contributed by atoms with Gasteiger partial charge >= 0.3 is 0 Å². The number of fused-ring (bicyclic) bond motifs is 3. The van der Waals surface area contributed by atoms with Crippen LogP contribution in [0.5, 0.6) is 5.75 Å². The highest BCUT2D eigenvalue weighted by Gasteiger charge is 2.40. The van der Waals surface area contributed by atoms with Crippen molar-refractivity contribution in [2.45, 2.75) is 51.6 Å². The zero-order valence-electron chi connectivity index (χ0n) is 23.1. The minimum Gasteiger partial charge on any atom is -0.494 e. The van der Waals surface area contributed by atoms with Crippen LogP contribution < -0.4 is 9.64 Å². The number of unbranched alkanes of at least 4 members (excludes halogenated alkanes) is 1. The Bertz CT molecular complexity index is 1520. The zero-order chi connectivity index (χ0) is 27.6. The van der Waals surface area contributed by atoms with Crippen molar-refractivity contribution in [3.63, 3.8) is 0 Å². The molecular formula is C34H35N3O3. The molecule has 4 aromatic rings. The highest BCUT2D eigenvalue weighted by atomic mass is 16.5. The molecule has 1 aliphatic heterocycles. The smallest absolute Gasteiger partial charge is 0.254 e. The molecule has 2 amide bonds. The van der Waals surface area contributed by atoms with Crippen molar-refractivity contribution in [2.24, 2.45) is 0 Å². The van der Waals surface area contributed by atoms with E-state index in [0.29, 0.717) is 12.2 Å². The van der Waals surface area contributed by atoms with Crippen molar-refractivity contribution in [1.82, 2.24) is 9.47 Å². The number of aryl methyl sites for hydroxylation is 1. The number of carbonyl (C=O) groups excluding carboxylic acids is 2. The lowest BCUT2D eigenvalue weighted by Crippen LogP contribution is -2.47. The highest BCUT2D eigenvalue weighted by Crippen LogP contribution is 2.42. The Morgan fingerprint density at radius 3 is 2.42 bits per heavy atom. The molecule has 0 spiro atoms. The third-order valence-corrected chi connectivity index (χ3v) is 7.77. The normalized spacial score (nSPS) is 15.8. The van der Waals surface area contributed by atoms with E-state index in [9.17, 15) is 9.59 Å². The predicted molar refractivity (Wildman–Crippen MR) is 157 cm³/mol. The molecule has 204 valence electrons. The number of para-hydroxylation sites is 2. The maximum absolute atomic E-state index is 14.3. The highest BCUT2D eigenvalue weighted by molar-refractivity contribution is 6.03. The number of ether oxygens (including phenoxy) is 1. The second kappa shape index (κ2) is 11.0. The molecule has 2 aliphatic rings. The van der Waals surface area contributed by atoms with Gasteiger partial charge in [-0.15, -0.1) is 0 Å². The van der Waals surface area contributed by atoms with Gasteiger partial charge in [-0.1, -0.05) is 55.3 Å². The maximum atomic E-state index is 14.3. The van der Waals surface area contributed by atoms with Crippen molar-refractivity contribution in [3.8, 4) is 11.4 Å². The Morgan fingerprint density at radius 1 is 0.925 bits per heavy atom. The summed E-state index contributed by atoms with van der Waals surface area (Å²) in [5, 5.41) is 0. The maximum Gasteiger partial charge on any atom is 0.254 e. The lowest BCUT2D eigenvalue weighted by molar-refractivity contribution is -0.119. The van der Waals surface area contributed by atoms with E-state index >= 15 is 0 Å². The topological polar surface area (TPSA) is 54.8 Å². The van der Waals surface area contributed by atoms with Gasteiger partial charge in [0.15, 0.2) is 0 Å². The summed E-state index contributed by atoms with van der Waals surface area (Å²) in [5.41, 5.74) is 5.60. The molecule has 1 aliphatic carbocycles. The van der Waals surface area contributed by atoms with Gasteiger partial charge in [0.2, 0.25) is 5.91 Å². The average molecular weight is 534 g/mol. The molecule has 1 unspecified atom stereocenters. The molecule has 0 bridgehead atoms. The zero-order valence-corrected chi connectivity index (χ0v) is 23.1. The third kappa shape index (κ3) is 5.02. The van der Waals surface area contributed by atoms with Crippen molar-refractivity contribution in [2.75, 3.05) is 18.1 Å². The summed E-state index contributed by atoms with van der Waals surface area (Å²) in [6, 6.07) is 27.5. The number of hydrogen-bond acceptors (Lipinski definition) is 3. The van der Waals surface area contributed by atoms with E-state index in [0.717, 1.165) is 59.6 Å². The summed E-state index contributed by atoms with van der Waals surface area (Å²) in [6.45, 7) is 4.88. The van der Waals surface area contributed by atoms with Crippen LogP contribution in [0.15, 0.2) is 91.1 Å². The van der Waals surface area contributed by atoms with E-state index in [1.807, 2.05) is 65.6 Å². The Balaban J connectivity index is 1.31. The van der Waals surface area contributed by atoms with Crippen molar-refractivity contribution in [1.29, 1.82) is 0 Å². The van der Waals surface area contributed by atoms with Gasteiger partial charge in [0.1, 0.15) is 18.3 Å². The van der Waals surface area contributed by atoms with Crippen molar-refractivity contribution in [3.05, 3.63) is 114 Å². The number of carbonyl (C=O) groups is 2. The van der Waals surface area contributed by atoms with Gasteiger partial charge in [-0.3, -0.25) is 14.5 Å². The summed E-state index contributed by atoms with van der Waals surface area (Å²) in [4.78, 5) is 31.7. The molecule has 2 heterocycles. The van der Waals surface area contributed by atoms with Crippen LogP contribution in [-0.4, -0.2) is 40.5 Å². The van der Waals surface area contributed by atoms with E-state index < -0.39 is 0 Å². The molecule has 1 aromatic heterocycles. The first kappa shape index (κ1) is 25.9. The molecule has 40 heavy (non-hydrogen) atoms. The number of aromatic nitrogens is 1. The van der Waals surface area contributed by atoms with Gasteiger partial charge in [0.25, 0.3) is 5.91 Å². The van der Waals surface area contributed by atoms with Gasteiger partial charge in [-0.2, -0.15) is 0 Å². The molecule has 6 heteroatoms. The fraction of sp³-hybridized carbons (Fsp3) is 0.294. The summed E-state index contributed by atoms with van der Waals surface area (Å²) in [7, 11) is 0. The van der Waals surface area contributed by atoms with Gasteiger partial charge < -0.3 is 14.2 Å². The number of anilines is 1. The number of hydrogen-bond donors (Lipinski definition) is 0. The van der Waals surface area contributed by atoms with E-state index in [2.05, 4.69) is 48.9 Å². The Labute approximate surface area is 235 Å². The monoisotopic (exact) mass is 533 g/mol. The van der Waals surface area contributed by atoms with Gasteiger partial charge in [0, 0.05) is 17.8 Å². The van der Waals surface area contributed by atoms with Crippen molar-refractivity contribution >= 4 is 17.5 Å². The summed E-state index contributed by atoms with van der Waals surface area (Å²) < 4.78 is 7.94. The van der Waals surface area contributed by atoms with Gasteiger partial charge in [-0.25, -0.2) is 0 Å². The summed E-state index contributed by atoms with van der Waals surface area (Å²) in [5.74, 6) is 0.552. The SMILES string of the molecule is CCCCOc1ccc(C(=O)N(CC(=O)N2c3ccccc3-n3cccc3C2c2cccc(C)c2)C2CC2)cc1. The third-order valence-electron chi connectivity index (χ3n) is 7.77. The van der Waals surface area contributed by atoms with Crippen LogP contribution in [0.3, 0.4) is 0 Å². The average Bonchev–Trinajstić information content (AvgIpc) is 3.70. The number of nitrogens with zero attached hydrogens (tertiary/aromatic N) is 3. The van der Waals surface area contributed by atoms with Crippen LogP contribution in [-0.2, 0) is 4.79 Å². The first-order chi connectivity index (χ1) is 19.5. The van der Waals surface area contributed by atoms with Crippen LogP contribution in [0.2, 0.25) is 0 Å². The molecule has 1 saturated carbocycles. The second-order valence-corrected chi connectivity index (χ2v) is 10.8. The van der Waals surface area contributed by atoms with Crippen LogP contribution >= 0.6 is 0 Å². The second-order valence-electron chi connectivity index (χ2n) is 10.8. The van der Waals surface area contributed by atoms with Crippen LogP contribution in [0.4, 0.5) is 5.69 Å².